The molecule has 102 valence electrons. The summed E-state index contributed by atoms with van der Waals surface area (Å²) in [5, 5.41) is 9.14. The van der Waals surface area contributed by atoms with Gasteiger partial charge in [0.2, 0.25) is 0 Å². The fraction of sp³-hybridized carbons (Fsp3) is 0.462. The van der Waals surface area contributed by atoms with Crippen LogP contribution in [0.1, 0.15) is 12.0 Å². The third kappa shape index (κ3) is 2.82. The Hall–Kier alpha value is -1.74. The van der Waals surface area contributed by atoms with Gasteiger partial charge in [0.05, 0.1) is 29.9 Å². The van der Waals surface area contributed by atoms with Crippen molar-refractivity contribution >= 4 is 15.5 Å². The van der Waals surface area contributed by atoms with Gasteiger partial charge in [0.1, 0.15) is 11.8 Å². The molecule has 1 aliphatic heterocycles. The summed E-state index contributed by atoms with van der Waals surface area (Å²) in [4.78, 5) is 1.87. The maximum atomic E-state index is 11.5. The van der Waals surface area contributed by atoms with Gasteiger partial charge in [-0.15, -0.1) is 0 Å². The van der Waals surface area contributed by atoms with Crippen molar-refractivity contribution in [3.63, 3.8) is 0 Å². The van der Waals surface area contributed by atoms with Crippen LogP contribution in [0.15, 0.2) is 18.2 Å². The van der Waals surface area contributed by atoms with E-state index < -0.39 is 9.84 Å². The van der Waals surface area contributed by atoms with Crippen LogP contribution in [0.25, 0.3) is 0 Å². The summed E-state index contributed by atoms with van der Waals surface area (Å²) in [5.41, 5.74) is 1.23. The van der Waals surface area contributed by atoms with Gasteiger partial charge >= 0.3 is 0 Å². The zero-order chi connectivity index (χ0) is 14.0. The van der Waals surface area contributed by atoms with Gasteiger partial charge in [-0.3, -0.25) is 0 Å². The van der Waals surface area contributed by atoms with Gasteiger partial charge in [-0.25, -0.2) is 8.42 Å². The van der Waals surface area contributed by atoms with Crippen LogP contribution in [0.2, 0.25) is 0 Å². The molecule has 1 aromatic carbocycles. The van der Waals surface area contributed by atoms with Crippen LogP contribution in [0.5, 0.6) is 5.75 Å². The minimum atomic E-state index is -2.94. The van der Waals surface area contributed by atoms with E-state index in [-0.39, 0.29) is 17.5 Å². The Morgan fingerprint density at radius 3 is 2.74 bits per heavy atom. The van der Waals surface area contributed by atoms with Crippen molar-refractivity contribution in [2.24, 2.45) is 0 Å². The normalized spacial score (nSPS) is 20.8. The Morgan fingerprint density at radius 1 is 1.47 bits per heavy atom. The zero-order valence-corrected chi connectivity index (χ0v) is 11.8. The lowest BCUT2D eigenvalue weighted by Gasteiger charge is -2.26. The van der Waals surface area contributed by atoms with Crippen LogP contribution in [-0.4, -0.2) is 40.1 Å². The first-order valence-electron chi connectivity index (χ1n) is 5.98. The van der Waals surface area contributed by atoms with Crippen LogP contribution < -0.4 is 9.64 Å². The number of ether oxygens (including phenoxy) is 1. The largest absolute Gasteiger partial charge is 0.497 e. The quantitative estimate of drug-likeness (QED) is 0.831. The monoisotopic (exact) mass is 280 g/mol. The van der Waals surface area contributed by atoms with E-state index in [9.17, 15) is 8.42 Å². The summed E-state index contributed by atoms with van der Waals surface area (Å²) in [7, 11) is 0.442. The molecule has 0 spiro atoms. The Labute approximate surface area is 113 Å². The maximum Gasteiger partial charge on any atom is 0.152 e. The van der Waals surface area contributed by atoms with Crippen LogP contribution in [0.3, 0.4) is 0 Å². The smallest absolute Gasteiger partial charge is 0.152 e. The van der Waals surface area contributed by atoms with Gasteiger partial charge in [0.25, 0.3) is 0 Å². The molecule has 1 fully saturated rings. The summed E-state index contributed by atoms with van der Waals surface area (Å²) in [6.45, 7) is 0. The molecule has 0 radical (unpaired) electrons. The van der Waals surface area contributed by atoms with E-state index in [0.717, 1.165) is 0 Å². The third-order valence-corrected chi connectivity index (χ3v) is 5.21. The lowest BCUT2D eigenvalue weighted by Crippen LogP contribution is -2.33. The predicted molar refractivity (Wildman–Crippen MR) is 73.2 cm³/mol. The van der Waals surface area contributed by atoms with Crippen molar-refractivity contribution in [2.45, 2.75) is 12.5 Å². The highest BCUT2D eigenvalue weighted by Gasteiger charge is 2.31. The van der Waals surface area contributed by atoms with E-state index in [2.05, 4.69) is 6.07 Å². The highest BCUT2D eigenvalue weighted by atomic mass is 32.2. The van der Waals surface area contributed by atoms with Gasteiger partial charge < -0.3 is 9.64 Å². The first-order chi connectivity index (χ1) is 8.96. The highest BCUT2D eigenvalue weighted by Crippen LogP contribution is 2.29. The molecule has 1 saturated heterocycles. The summed E-state index contributed by atoms with van der Waals surface area (Å²) >= 11 is 0. The van der Waals surface area contributed by atoms with E-state index in [1.165, 1.54) is 0 Å². The lowest BCUT2D eigenvalue weighted by molar-refractivity contribution is 0.414. The molecule has 0 N–H and O–H groups in total. The van der Waals surface area contributed by atoms with Crippen LogP contribution >= 0.6 is 0 Å². The summed E-state index contributed by atoms with van der Waals surface area (Å²) < 4.78 is 28.2. The number of nitrogens with zero attached hydrogens (tertiary/aromatic N) is 2. The fourth-order valence-electron chi connectivity index (χ4n) is 2.30. The minimum Gasteiger partial charge on any atom is -0.497 e. The lowest BCUT2D eigenvalue weighted by atomic mass is 10.1. The van der Waals surface area contributed by atoms with Crippen molar-refractivity contribution in [1.82, 2.24) is 0 Å². The Bertz CT molecular complexity index is 619. The molecule has 0 saturated carbocycles. The molecular weight excluding hydrogens is 264 g/mol. The number of sulfone groups is 1. The molecule has 6 heteroatoms. The summed E-state index contributed by atoms with van der Waals surface area (Å²) in [6.07, 6.45) is 0.598. The summed E-state index contributed by atoms with van der Waals surface area (Å²) in [5.74, 6) is 1.01. The standard InChI is InChI=1S/C13H16N2O3S/c1-15(11-5-6-19(16,17)9-11)13-7-12(18-2)4-3-10(13)8-14/h3-4,7,11H,5-6,9H2,1-2H3. The molecule has 1 unspecified atom stereocenters. The minimum absolute atomic E-state index is 0.0794. The van der Waals surface area contributed by atoms with Gasteiger partial charge in [-0.1, -0.05) is 0 Å². The Morgan fingerprint density at radius 2 is 2.21 bits per heavy atom. The van der Waals surface area contributed by atoms with Crippen LogP contribution in [0.4, 0.5) is 5.69 Å². The molecule has 0 amide bonds. The van der Waals surface area contributed by atoms with Crippen molar-refractivity contribution in [3.05, 3.63) is 23.8 Å². The van der Waals surface area contributed by atoms with Gasteiger partial charge in [-0.2, -0.15) is 5.26 Å². The number of benzene rings is 1. The molecule has 5 nitrogen and oxygen atoms in total. The van der Waals surface area contributed by atoms with E-state index >= 15 is 0 Å². The molecular formula is C13H16N2O3S. The van der Waals surface area contributed by atoms with Crippen molar-refractivity contribution in [2.75, 3.05) is 30.6 Å². The molecule has 0 bridgehead atoms. The molecule has 1 atom stereocenters. The molecule has 1 heterocycles. The second-order valence-corrected chi connectivity index (χ2v) is 6.89. The summed E-state index contributed by atoms with van der Waals surface area (Å²) in [6, 6.07) is 7.23. The number of anilines is 1. The number of hydrogen-bond acceptors (Lipinski definition) is 5. The predicted octanol–water partition coefficient (Wildman–Crippen LogP) is 1.19. The van der Waals surface area contributed by atoms with Crippen molar-refractivity contribution < 1.29 is 13.2 Å². The first-order valence-corrected chi connectivity index (χ1v) is 7.80. The Kier molecular flexibility index (Phi) is 3.67. The number of hydrogen-bond donors (Lipinski definition) is 0. The number of rotatable bonds is 3. The average Bonchev–Trinajstić information content (AvgIpc) is 2.77. The average molecular weight is 280 g/mol. The topological polar surface area (TPSA) is 70.4 Å². The molecule has 1 aromatic rings. The van der Waals surface area contributed by atoms with E-state index in [1.807, 2.05) is 11.9 Å². The molecule has 2 rings (SSSR count). The molecule has 1 aliphatic rings. The van der Waals surface area contributed by atoms with Crippen LogP contribution in [-0.2, 0) is 9.84 Å². The SMILES string of the molecule is COc1ccc(C#N)c(N(C)C2CCS(=O)(=O)C2)c1. The van der Waals surface area contributed by atoms with Gasteiger partial charge in [-0.05, 0) is 18.6 Å². The maximum absolute atomic E-state index is 11.5. The molecule has 0 aliphatic carbocycles. The zero-order valence-electron chi connectivity index (χ0n) is 11.0. The number of nitriles is 1. The second kappa shape index (κ2) is 5.10. The van der Waals surface area contributed by atoms with E-state index in [0.29, 0.717) is 23.4 Å². The molecule has 0 aromatic heterocycles. The first kappa shape index (κ1) is 13.7. The Balaban J connectivity index is 2.33. The van der Waals surface area contributed by atoms with Gasteiger partial charge in [0.15, 0.2) is 9.84 Å². The second-order valence-electron chi connectivity index (χ2n) is 4.66. The van der Waals surface area contributed by atoms with Crippen molar-refractivity contribution in [3.8, 4) is 11.8 Å². The van der Waals surface area contributed by atoms with E-state index in [1.54, 1.807) is 25.3 Å². The van der Waals surface area contributed by atoms with Crippen molar-refractivity contribution in [1.29, 1.82) is 5.26 Å². The molecule has 19 heavy (non-hydrogen) atoms. The van der Waals surface area contributed by atoms with E-state index in [4.69, 9.17) is 10.00 Å². The highest BCUT2D eigenvalue weighted by molar-refractivity contribution is 7.91. The van der Waals surface area contributed by atoms with Gasteiger partial charge in [0, 0.05) is 19.2 Å². The van der Waals surface area contributed by atoms with Crippen LogP contribution in [0, 0.1) is 11.3 Å². The number of methoxy groups -OCH3 is 1. The third-order valence-electron chi connectivity index (χ3n) is 3.46. The fourth-order valence-corrected chi connectivity index (χ4v) is 4.08.